The largest absolute Gasteiger partial charge is 0.450 e. The molecule has 1 heterocycles. The average Bonchev–Trinajstić information content (AvgIpc) is 2.96. The van der Waals surface area contributed by atoms with Crippen molar-refractivity contribution in [1.29, 1.82) is 0 Å². The lowest BCUT2D eigenvalue weighted by molar-refractivity contribution is -0.140. The third-order valence-electron chi connectivity index (χ3n) is 4.32. The molecule has 0 aliphatic carbocycles. The van der Waals surface area contributed by atoms with E-state index in [9.17, 15) is 18.8 Å². The third-order valence-corrected chi connectivity index (χ3v) is 4.32. The standard InChI is InChI=1S/C19H23FN2O5/c1-5-22(6-2)16(23)10-21(4)17(24)11-26-19(25)18-12(3)14-9-13(20)7-8-15(14)27-18/h7-9H,5-6,10-11H2,1-4H3. The molecule has 0 radical (unpaired) electrons. The Balaban J connectivity index is 1.98. The maximum atomic E-state index is 13.3. The molecule has 27 heavy (non-hydrogen) atoms. The lowest BCUT2D eigenvalue weighted by Crippen LogP contribution is -2.42. The van der Waals surface area contributed by atoms with Crippen molar-refractivity contribution in [2.45, 2.75) is 20.8 Å². The highest BCUT2D eigenvalue weighted by Gasteiger charge is 2.22. The van der Waals surface area contributed by atoms with E-state index in [0.717, 1.165) is 0 Å². The van der Waals surface area contributed by atoms with Gasteiger partial charge in [0, 0.05) is 31.1 Å². The minimum absolute atomic E-state index is 0.0785. The fourth-order valence-corrected chi connectivity index (χ4v) is 2.66. The number of furan rings is 1. The number of carbonyl (C=O) groups excluding carboxylic acids is 3. The fourth-order valence-electron chi connectivity index (χ4n) is 2.66. The first-order valence-corrected chi connectivity index (χ1v) is 8.65. The Bertz CT molecular complexity index is 857. The highest BCUT2D eigenvalue weighted by molar-refractivity contribution is 5.97. The molecule has 146 valence electrons. The maximum Gasteiger partial charge on any atom is 0.375 e. The molecule has 0 atom stereocenters. The van der Waals surface area contributed by atoms with Crippen molar-refractivity contribution >= 4 is 28.8 Å². The Hall–Kier alpha value is -2.90. The van der Waals surface area contributed by atoms with Crippen LogP contribution in [0, 0.1) is 12.7 Å². The number of halogens is 1. The molecule has 0 N–H and O–H groups in total. The van der Waals surface area contributed by atoms with Gasteiger partial charge in [0.2, 0.25) is 11.7 Å². The molecule has 0 unspecified atom stereocenters. The summed E-state index contributed by atoms with van der Waals surface area (Å²) in [5, 5.41) is 0.468. The van der Waals surface area contributed by atoms with E-state index in [1.54, 1.807) is 11.8 Å². The lowest BCUT2D eigenvalue weighted by atomic mass is 10.1. The van der Waals surface area contributed by atoms with E-state index >= 15 is 0 Å². The molecule has 2 rings (SSSR count). The van der Waals surface area contributed by atoms with Gasteiger partial charge in [-0.25, -0.2) is 9.18 Å². The second-order valence-corrected chi connectivity index (χ2v) is 6.09. The molecule has 8 heteroatoms. The molecule has 0 saturated carbocycles. The zero-order chi connectivity index (χ0) is 20.1. The number of nitrogens with zero attached hydrogens (tertiary/aromatic N) is 2. The fraction of sp³-hybridized carbons (Fsp3) is 0.421. The summed E-state index contributed by atoms with van der Waals surface area (Å²) in [5.41, 5.74) is 0.793. The Morgan fingerprint density at radius 1 is 1.15 bits per heavy atom. The second kappa shape index (κ2) is 8.66. The van der Waals surface area contributed by atoms with Crippen molar-refractivity contribution in [1.82, 2.24) is 9.80 Å². The van der Waals surface area contributed by atoms with Crippen LogP contribution in [0.15, 0.2) is 22.6 Å². The predicted molar refractivity (Wildman–Crippen MR) is 96.8 cm³/mol. The smallest absolute Gasteiger partial charge is 0.375 e. The Morgan fingerprint density at radius 3 is 2.44 bits per heavy atom. The zero-order valence-electron chi connectivity index (χ0n) is 15.9. The Morgan fingerprint density at radius 2 is 1.81 bits per heavy atom. The Kier molecular flexibility index (Phi) is 6.55. The van der Waals surface area contributed by atoms with E-state index in [2.05, 4.69) is 0 Å². The van der Waals surface area contributed by atoms with Gasteiger partial charge in [-0.2, -0.15) is 0 Å². The van der Waals surface area contributed by atoms with Crippen LogP contribution in [0.25, 0.3) is 11.0 Å². The van der Waals surface area contributed by atoms with Gasteiger partial charge >= 0.3 is 5.97 Å². The number of aryl methyl sites for hydroxylation is 1. The molecular weight excluding hydrogens is 355 g/mol. The van der Waals surface area contributed by atoms with Crippen LogP contribution in [-0.4, -0.2) is 60.9 Å². The number of carbonyl (C=O) groups is 3. The van der Waals surface area contributed by atoms with Crippen LogP contribution in [-0.2, 0) is 14.3 Å². The molecule has 1 aromatic heterocycles. The van der Waals surface area contributed by atoms with Crippen LogP contribution in [0.3, 0.4) is 0 Å². The topological polar surface area (TPSA) is 80.1 Å². The van der Waals surface area contributed by atoms with Gasteiger partial charge in [-0.05, 0) is 39.0 Å². The summed E-state index contributed by atoms with van der Waals surface area (Å²) in [6.45, 7) is 5.81. The normalized spacial score (nSPS) is 10.7. The summed E-state index contributed by atoms with van der Waals surface area (Å²) in [6, 6.07) is 3.92. The first-order chi connectivity index (χ1) is 12.8. The zero-order valence-corrected chi connectivity index (χ0v) is 15.9. The molecule has 0 aliphatic rings. The van der Waals surface area contributed by atoms with E-state index in [1.165, 1.54) is 30.1 Å². The molecule has 2 amide bonds. The molecule has 7 nitrogen and oxygen atoms in total. The van der Waals surface area contributed by atoms with Crippen LogP contribution in [0.2, 0.25) is 0 Å². The lowest BCUT2D eigenvalue weighted by Gasteiger charge is -2.23. The first kappa shape index (κ1) is 20.4. The van der Waals surface area contributed by atoms with Crippen LogP contribution >= 0.6 is 0 Å². The van der Waals surface area contributed by atoms with Gasteiger partial charge in [-0.1, -0.05) is 0 Å². The summed E-state index contributed by atoms with van der Waals surface area (Å²) >= 11 is 0. The molecule has 0 fully saturated rings. The number of fused-ring (bicyclic) bond motifs is 1. The van der Waals surface area contributed by atoms with E-state index in [1.807, 2.05) is 13.8 Å². The number of rotatable bonds is 7. The minimum atomic E-state index is -0.819. The van der Waals surface area contributed by atoms with Crippen molar-refractivity contribution < 1.29 is 27.9 Å². The van der Waals surface area contributed by atoms with Gasteiger partial charge in [0.1, 0.15) is 11.4 Å². The Labute approximate surface area is 156 Å². The molecule has 2 aromatic rings. The van der Waals surface area contributed by atoms with Crippen molar-refractivity contribution in [2.75, 3.05) is 33.3 Å². The first-order valence-electron chi connectivity index (χ1n) is 8.65. The highest BCUT2D eigenvalue weighted by atomic mass is 19.1. The molecule has 1 aromatic carbocycles. The number of hydrogen-bond acceptors (Lipinski definition) is 5. The maximum absolute atomic E-state index is 13.3. The van der Waals surface area contributed by atoms with Gasteiger partial charge in [0.15, 0.2) is 6.61 Å². The van der Waals surface area contributed by atoms with Crippen molar-refractivity contribution in [3.05, 3.63) is 35.3 Å². The quantitative estimate of drug-likeness (QED) is 0.691. The van der Waals surface area contributed by atoms with Crippen LogP contribution in [0.4, 0.5) is 4.39 Å². The SMILES string of the molecule is CCN(CC)C(=O)CN(C)C(=O)COC(=O)c1oc2ccc(F)cc2c1C. The summed E-state index contributed by atoms with van der Waals surface area (Å²) in [7, 11) is 1.47. The molecule has 0 saturated heterocycles. The monoisotopic (exact) mass is 378 g/mol. The number of benzene rings is 1. The predicted octanol–water partition coefficient (Wildman–Crippen LogP) is 2.36. The summed E-state index contributed by atoms with van der Waals surface area (Å²) < 4.78 is 23.8. The summed E-state index contributed by atoms with van der Waals surface area (Å²) in [4.78, 5) is 39.2. The number of likely N-dealkylation sites (N-methyl/N-ethyl adjacent to an activating group) is 2. The van der Waals surface area contributed by atoms with E-state index in [0.29, 0.717) is 29.6 Å². The second-order valence-electron chi connectivity index (χ2n) is 6.09. The summed E-state index contributed by atoms with van der Waals surface area (Å²) in [5.74, 6) is -2.03. The van der Waals surface area contributed by atoms with Crippen molar-refractivity contribution in [3.63, 3.8) is 0 Å². The molecule has 0 spiro atoms. The summed E-state index contributed by atoms with van der Waals surface area (Å²) in [6.07, 6.45) is 0. The van der Waals surface area contributed by atoms with Gasteiger partial charge in [0.25, 0.3) is 5.91 Å². The van der Waals surface area contributed by atoms with Gasteiger partial charge < -0.3 is 19.0 Å². The van der Waals surface area contributed by atoms with Gasteiger partial charge in [-0.15, -0.1) is 0 Å². The minimum Gasteiger partial charge on any atom is -0.450 e. The van der Waals surface area contributed by atoms with Crippen molar-refractivity contribution in [3.8, 4) is 0 Å². The van der Waals surface area contributed by atoms with Crippen LogP contribution in [0.1, 0.15) is 30.0 Å². The highest BCUT2D eigenvalue weighted by Crippen LogP contribution is 2.26. The van der Waals surface area contributed by atoms with E-state index in [-0.39, 0.29) is 18.2 Å². The number of amides is 2. The van der Waals surface area contributed by atoms with Gasteiger partial charge in [0.05, 0.1) is 6.54 Å². The van der Waals surface area contributed by atoms with Crippen LogP contribution in [0.5, 0.6) is 0 Å². The number of esters is 1. The van der Waals surface area contributed by atoms with E-state index < -0.39 is 24.3 Å². The van der Waals surface area contributed by atoms with Gasteiger partial charge in [-0.3, -0.25) is 9.59 Å². The molecular formula is C19H23FN2O5. The molecule has 0 aliphatic heterocycles. The number of hydrogen-bond donors (Lipinski definition) is 0. The van der Waals surface area contributed by atoms with Crippen molar-refractivity contribution in [2.24, 2.45) is 0 Å². The average molecular weight is 378 g/mol. The number of ether oxygens (including phenoxy) is 1. The third kappa shape index (κ3) is 4.64. The van der Waals surface area contributed by atoms with E-state index in [4.69, 9.17) is 9.15 Å². The molecule has 0 bridgehead atoms. The van der Waals surface area contributed by atoms with Crippen LogP contribution < -0.4 is 0 Å².